The zero-order valence-corrected chi connectivity index (χ0v) is 11.2. The van der Waals surface area contributed by atoms with Crippen molar-refractivity contribution < 1.29 is 4.79 Å². The molecule has 0 saturated carbocycles. The molecule has 0 aliphatic rings. The second-order valence-electron chi connectivity index (χ2n) is 3.69. The van der Waals surface area contributed by atoms with Crippen molar-refractivity contribution in [3.8, 4) is 0 Å². The largest absolute Gasteiger partial charge is 0.398 e. The minimum Gasteiger partial charge on any atom is -0.398 e. The molecule has 0 radical (unpaired) electrons. The van der Waals surface area contributed by atoms with E-state index in [1.807, 2.05) is 0 Å². The summed E-state index contributed by atoms with van der Waals surface area (Å²) in [4.78, 5) is 19.9. The van der Waals surface area contributed by atoms with Crippen LogP contribution in [0.1, 0.15) is 15.9 Å². The molecule has 0 saturated heterocycles. The molecule has 1 aromatic carbocycles. The molecule has 0 bridgehead atoms. The van der Waals surface area contributed by atoms with Crippen LogP contribution in [0.3, 0.4) is 0 Å². The number of nitrogens with one attached hydrogen (secondary N) is 1. The summed E-state index contributed by atoms with van der Waals surface area (Å²) in [7, 11) is 0. The number of benzene rings is 1. The first kappa shape index (κ1) is 12.5. The van der Waals surface area contributed by atoms with Crippen molar-refractivity contribution in [2.75, 3.05) is 11.1 Å². The van der Waals surface area contributed by atoms with Gasteiger partial charge in [0.25, 0.3) is 5.91 Å². The number of nitrogens with two attached hydrogens (primary N) is 1. The SMILES string of the molecule is Cc1c(N)cc(Br)cc1C(=O)Nc1ncccn1. The first-order valence-corrected chi connectivity index (χ1v) is 6.01. The number of anilines is 2. The monoisotopic (exact) mass is 306 g/mol. The Morgan fingerprint density at radius 3 is 2.67 bits per heavy atom. The van der Waals surface area contributed by atoms with Gasteiger partial charge in [-0.1, -0.05) is 15.9 Å². The van der Waals surface area contributed by atoms with Crippen molar-refractivity contribution in [3.05, 3.63) is 46.2 Å². The highest BCUT2D eigenvalue weighted by atomic mass is 79.9. The first-order valence-electron chi connectivity index (χ1n) is 5.22. The predicted octanol–water partition coefficient (Wildman–Crippen LogP) is 2.38. The second-order valence-corrected chi connectivity index (χ2v) is 4.61. The number of halogens is 1. The summed E-state index contributed by atoms with van der Waals surface area (Å²) < 4.78 is 0.754. The van der Waals surface area contributed by atoms with Gasteiger partial charge in [0.15, 0.2) is 0 Å². The standard InChI is InChI=1S/C12H11BrN4O/c1-7-9(5-8(13)6-10(7)14)11(18)17-12-15-3-2-4-16-12/h2-6H,14H2,1H3,(H,15,16,17,18). The van der Waals surface area contributed by atoms with E-state index in [9.17, 15) is 4.79 Å². The second kappa shape index (κ2) is 5.14. The molecular formula is C12H11BrN4O. The van der Waals surface area contributed by atoms with Crippen molar-refractivity contribution in [1.29, 1.82) is 0 Å². The average molecular weight is 307 g/mol. The molecule has 3 N–H and O–H groups in total. The van der Waals surface area contributed by atoms with Gasteiger partial charge in [0.2, 0.25) is 5.95 Å². The fraction of sp³-hybridized carbons (Fsp3) is 0.0833. The molecule has 92 valence electrons. The van der Waals surface area contributed by atoms with E-state index in [-0.39, 0.29) is 11.9 Å². The number of hydrogen-bond acceptors (Lipinski definition) is 4. The molecule has 6 heteroatoms. The van der Waals surface area contributed by atoms with Gasteiger partial charge in [0, 0.05) is 28.1 Å². The number of rotatable bonds is 2. The number of carbonyl (C=O) groups excluding carboxylic acids is 1. The Balaban J connectivity index is 2.30. The van der Waals surface area contributed by atoms with Gasteiger partial charge in [-0.3, -0.25) is 10.1 Å². The Bertz CT molecular complexity index is 586. The Labute approximate surface area is 113 Å². The van der Waals surface area contributed by atoms with Gasteiger partial charge >= 0.3 is 0 Å². The van der Waals surface area contributed by atoms with Gasteiger partial charge in [-0.05, 0) is 30.7 Å². The van der Waals surface area contributed by atoms with E-state index in [1.165, 1.54) is 0 Å². The first-order chi connectivity index (χ1) is 8.58. The van der Waals surface area contributed by atoms with Gasteiger partial charge in [0.1, 0.15) is 0 Å². The smallest absolute Gasteiger partial charge is 0.258 e. The number of hydrogen-bond donors (Lipinski definition) is 2. The van der Waals surface area contributed by atoms with Crippen LogP contribution in [0, 0.1) is 6.92 Å². The van der Waals surface area contributed by atoms with E-state index in [0.717, 1.165) is 10.0 Å². The lowest BCUT2D eigenvalue weighted by molar-refractivity contribution is 0.102. The zero-order valence-electron chi connectivity index (χ0n) is 9.64. The molecule has 0 aliphatic carbocycles. The fourth-order valence-corrected chi connectivity index (χ4v) is 1.94. The molecule has 1 amide bonds. The number of nitrogen functional groups attached to an aromatic ring is 1. The van der Waals surface area contributed by atoms with Crippen LogP contribution in [0.5, 0.6) is 0 Å². The average Bonchev–Trinajstić information content (AvgIpc) is 2.35. The molecule has 18 heavy (non-hydrogen) atoms. The van der Waals surface area contributed by atoms with Gasteiger partial charge in [-0.2, -0.15) is 0 Å². The minimum atomic E-state index is -0.285. The van der Waals surface area contributed by atoms with Gasteiger partial charge in [-0.25, -0.2) is 9.97 Å². The Morgan fingerprint density at radius 1 is 1.33 bits per heavy atom. The summed E-state index contributed by atoms with van der Waals surface area (Å²) in [5, 5.41) is 2.62. The van der Waals surface area contributed by atoms with E-state index in [1.54, 1.807) is 37.5 Å². The third-order valence-corrected chi connectivity index (χ3v) is 2.91. The Hall–Kier alpha value is -1.95. The lowest BCUT2D eigenvalue weighted by Gasteiger charge is -2.09. The number of amides is 1. The quantitative estimate of drug-likeness (QED) is 0.835. The summed E-state index contributed by atoms with van der Waals surface area (Å²) in [5.41, 5.74) is 7.59. The van der Waals surface area contributed by atoms with E-state index in [0.29, 0.717) is 11.3 Å². The molecule has 1 aromatic heterocycles. The maximum Gasteiger partial charge on any atom is 0.258 e. The maximum atomic E-state index is 12.1. The lowest BCUT2D eigenvalue weighted by atomic mass is 10.1. The summed E-state index contributed by atoms with van der Waals surface area (Å²) in [6, 6.07) is 5.15. The summed E-state index contributed by atoms with van der Waals surface area (Å²) in [6.07, 6.45) is 3.12. The highest BCUT2D eigenvalue weighted by Crippen LogP contribution is 2.23. The van der Waals surface area contributed by atoms with Crippen molar-refractivity contribution in [1.82, 2.24) is 9.97 Å². The third kappa shape index (κ3) is 2.65. The van der Waals surface area contributed by atoms with Crippen LogP contribution in [0.2, 0.25) is 0 Å². The van der Waals surface area contributed by atoms with Gasteiger partial charge in [-0.15, -0.1) is 0 Å². The predicted molar refractivity (Wildman–Crippen MR) is 73.3 cm³/mol. The van der Waals surface area contributed by atoms with E-state index in [2.05, 4.69) is 31.2 Å². The highest BCUT2D eigenvalue weighted by Gasteiger charge is 2.13. The van der Waals surface area contributed by atoms with Crippen LogP contribution in [0.25, 0.3) is 0 Å². The van der Waals surface area contributed by atoms with Crippen LogP contribution in [0.4, 0.5) is 11.6 Å². The van der Waals surface area contributed by atoms with Crippen molar-refractivity contribution in [2.45, 2.75) is 6.92 Å². The van der Waals surface area contributed by atoms with Gasteiger partial charge < -0.3 is 5.73 Å². The molecule has 0 fully saturated rings. The Morgan fingerprint density at radius 2 is 2.00 bits per heavy atom. The van der Waals surface area contributed by atoms with Crippen LogP contribution in [0.15, 0.2) is 35.1 Å². The summed E-state index contributed by atoms with van der Waals surface area (Å²) in [6.45, 7) is 1.79. The van der Waals surface area contributed by atoms with E-state index < -0.39 is 0 Å². The minimum absolute atomic E-state index is 0.264. The molecule has 2 aromatic rings. The molecule has 0 spiro atoms. The lowest BCUT2D eigenvalue weighted by Crippen LogP contribution is -2.16. The Kier molecular flexibility index (Phi) is 3.57. The van der Waals surface area contributed by atoms with Crippen molar-refractivity contribution in [3.63, 3.8) is 0 Å². The van der Waals surface area contributed by atoms with Crippen LogP contribution in [-0.2, 0) is 0 Å². The van der Waals surface area contributed by atoms with Crippen LogP contribution < -0.4 is 11.1 Å². The topological polar surface area (TPSA) is 80.9 Å². The van der Waals surface area contributed by atoms with Crippen molar-refractivity contribution >= 4 is 33.5 Å². The molecule has 2 rings (SSSR count). The number of carbonyl (C=O) groups is 1. The van der Waals surface area contributed by atoms with Crippen LogP contribution >= 0.6 is 15.9 Å². The number of nitrogens with zero attached hydrogens (tertiary/aromatic N) is 2. The number of aromatic nitrogens is 2. The van der Waals surface area contributed by atoms with E-state index in [4.69, 9.17) is 5.73 Å². The summed E-state index contributed by atoms with van der Waals surface area (Å²) in [5.74, 6) is -0.0212. The summed E-state index contributed by atoms with van der Waals surface area (Å²) >= 11 is 3.31. The highest BCUT2D eigenvalue weighted by molar-refractivity contribution is 9.10. The zero-order chi connectivity index (χ0) is 13.1. The fourth-order valence-electron chi connectivity index (χ4n) is 1.47. The van der Waals surface area contributed by atoms with Gasteiger partial charge in [0.05, 0.1) is 0 Å². The van der Waals surface area contributed by atoms with Crippen molar-refractivity contribution in [2.24, 2.45) is 0 Å². The molecule has 5 nitrogen and oxygen atoms in total. The molecule has 1 heterocycles. The maximum absolute atomic E-state index is 12.1. The molecule has 0 unspecified atom stereocenters. The molecule has 0 aliphatic heterocycles. The molecular weight excluding hydrogens is 296 g/mol. The molecule has 0 atom stereocenters. The normalized spacial score (nSPS) is 10.1. The van der Waals surface area contributed by atoms with E-state index >= 15 is 0 Å². The third-order valence-electron chi connectivity index (χ3n) is 2.45. The van der Waals surface area contributed by atoms with Crippen LogP contribution in [-0.4, -0.2) is 15.9 Å².